The second-order valence-electron chi connectivity index (χ2n) is 10.5. The highest BCUT2D eigenvalue weighted by molar-refractivity contribution is 6.38. The number of nitrogens with zero attached hydrogens (tertiary/aromatic N) is 5. The number of para-hydroxylation sites is 1. The van der Waals surface area contributed by atoms with Crippen molar-refractivity contribution in [2.75, 3.05) is 30.4 Å². The van der Waals surface area contributed by atoms with Crippen molar-refractivity contribution >= 4 is 69.3 Å². The Morgan fingerprint density at radius 1 is 0.936 bits per heavy atom. The van der Waals surface area contributed by atoms with E-state index >= 15 is 0 Å². The molecule has 0 radical (unpaired) electrons. The average Bonchev–Trinajstić information content (AvgIpc) is 3.09. The van der Waals surface area contributed by atoms with E-state index in [2.05, 4.69) is 20.3 Å². The first-order valence-electron chi connectivity index (χ1n) is 14.4. The number of hydrogen-bond donors (Lipinski definition) is 1. The van der Waals surface area contributed by atoms with Gasteiger partial charge in [0.25, 0.3) is 5.91 Å². The van der Waals surface area contributed by atoms with Gasteiger partial charge in [0.2, 0.25) is 11.8 Å². The highest BCUT2D eigenvalue weighted by atomic mass is 35.5. The van der Waals surface area contributed by atoms with Crippen LogP contribution in [0.25, 0.3) is 17.0 Å². The highest BCUT2D eigenvalue weighted by Crippen LogP contribution is 2.35. The van der Waals surface area contributed by atoms with Crippen molar-refractivity contribution in [3.8, 4) is 5.75 Å². The zero-order valence-electron chi connectivity index (χ0n) is 25.8. The summed E-state index contributed by atoms with van der Waals surface area (Å²) in [5, 5.41) is 4.15. The Bertz CT molecular complexity index is 1970. The molecule has 0 aliphatic heterocycles. The summed E-state index contributed by atoms with van der Waals surface area (Å²) in [6, 6.07) is 19.5. The minimum atomic E-state index is -0.487. The zero-order valence-corrected chi connectivity index (χ0v) is 27.3. The highest BCUT2D eigenvalue weighted by Gasteiger charge is 2.20. The molecule has 0 aliphatic rings. The lowest BCUT2D eigenvalue weighted by molar-refractivity contribution is -0.122. The Balaban J connectivity index is 1.17. The summed E-state index contributed by atoms with van der Waals surface area (Å²) >= 11 is 13.2. The van der Waals surface area contributed by atoms with Gasteiger partial charge in [-0.05, 0) is 61.0 Å². The van der Waals surface area contributed by atoms with Crippen molar-refractivity contribution in [1.82, 2.24) is 20.3 Å². The summed E-state index contributed by atoms with van der Waals surface area (Å²) in [6.45, 7) is 1.68. The normalized spacial score (nSPS) is 11.0. The lowest BCUT2D eigenvalue weighted by atomic mass is 10.1. The molecule has 0 saturated carbocycles. The molecule has 1 N–H and O–H groups in total. The maximum atomic E-state index is 13.0. The number of amides is 3. The molecule has 12 heteroatoms. The number of anilines is 2. The molecule has 3 heterocycles. The Morgan fingerprint density at radius 2 is 1.72 bits per heavy atom. The molecule has 0 saturated heterocycles. The van der Waals surface area contributed by atoms with Crippen LogP contribution in [0.3, 0.4) is 0 Å². The monoisotopic (exact) mass is 668 g/mol. The molecule has 0 aliphatic carbocycles. The number of hydrogen-bond acceptors (Lipinski definition) is 7. The Kier molecular flexibility index (Phi) is 10.4. The van der Waals surface area contributed by atoms with Gasteiger partial charge in [-0.2, -0.15) is 0 Å². The van der Waals surface area contributed by atoms with Gasteiger partial charge in [0.1, 0.15) is 23.6 Å². The van der Waals surface area contributed by atoms with E-state index in [1.807, 2.05) is 37.3 Å². The van der Waals surface area contributed by atoms with E-state index < -0.39 is 11.8 Å². The smallest absolute Gasteiger partial charge is 0.276 e. The van der Waals surface area contributed by atoms with Crippen LogP contribution in [0.2, 0.25) is 10.0 Å². The van der Waals surface area contributed by atoms with Crippen molar-refractivity contribution < 1.29 is 19.1 Å². The maximum absolute atomic E-state index is 13.0. The Hall–Kier alpha value is -5.32. The van der Waals surface area contributed by atoms with Crippen molar-refractivity contribution in [2.45, 2.75) is 13.5 Å². The van der Waals surface area contributed by atoms with Crippen molar-refractivity contribution in [1.29, 1.82) is 0 Å². The predicted octanol–water partition coefficient (Wildman–Crippen LogP) is 6.29. The molecule has 0 bridgehead atoms. The molecule has 5 rings (SSSR count). The van der Waals surface area contributed by atoms with Crippen molar-refractivity contribution in [3.63, 3.8) is 0 Å². The van der Waals surface area contributed by atoms with Crippen LogP contribution in [0.15, 0.2) is 91.4 Å². The van der Waals surface area contributed by atoms with Crippen LogP contribution in [-0.2, 0) is 16.2 Å². The number of fused-ring (bicyclic) bond motifs is 1. The van der Waals surface area contributed by atoms with Gasteiger partial charge in [-0.15, -0.1) is 0 Å². The number of pyridine rings is 3. The van der Waals surface area contributed by atoms with Gasteiger partial charge in [-0.3, -0.25) is 24.4 Å². The first-order chi connectivity index (χ1) is 22.6. The van der Waals surface area contributed by atoms with Gasteiger partial charge in [0.15, 0.2) is 0 Å². The molecule has 5 aromatic rings. The van der Waals surface area contributed by atoms with Gasteiger partial charge in [0, 0.05) is 66.1 Å². The summed E-state index contributed by atoms with van der Waals surface area (Å²) in [5.41, 5.74) is 4.03. The quantitative estimate of drug-likeness (QED) is 0.174. The molecule has 2 aromatic carbocycles. The first kappa shape index (κ1) is 33.1. The molecule has 0 atom stereocenters. The standard InChI is InChI=1S/C35H30Cl2N6O4/c1-22-7-10-24-5-4-6-30(34(24)41-22)47-21-26-27(36)11-13-29(33(26)37)43(3)32(45)20-40-31(44)14-9-23-8-12-28(39-19-23)35(46)42(2)25-15-17-38-18-16-25/h4-19H,20-21H2,1-3H3,(H,40,44)/b14-9+. The minimum absolute atomic E-state index is 0.0508. The third-order valence-corrected chi connectivity index (χ3v) is 8.07. The van der Waals surface area contributed by atoms with Crippen LogP contribution in [0.1, 0.15) is 27.3 Å². The van der Waals surface area contributed by atoms with Gasteiger partial charge in [0.05, 0.1) is 17.3 Å². The van der Waals surface area contributed by atoms with E-state index in [9.17, 15) is 14.4 Å². The van der Waals surface area contributed by atoms with Crippen LogP contribution in [-0.4, -0.2) is 53.3 Å². The van der Waals surface area contributed by atoms with Gasteiger partial charge in [-0.1, -0.05) is 47.5 Å². The lowest BCUT2D eigenvalue weighted by Crippen LogP contribution is -2.37. The third kappa shape index (κ3) is 7.92. The second-order valence-corrected chi connectivity index (χ2v) is 11.3. The molecular weight excluding hydrogens is 639 g/mol. The van der Waals surface area contributed by atoms with Crippen LogP contribution in [0.4, 0.5) is 11.4 Å². The fourth-order valence-corrected chi connectivity index (χ4v) is 5.20. The Morgan fingerprint density at radius 3 is 2.47 bits per heavy atom. The van der Waals surface area contributed by atoms with Crippen LogP contribution >= 0.6 is 23.2 Å². The number of halogens is 2. The van der Waals surface area contributed by atoms with E-state index in [4.69, 9.17) is 27.9 Å². The number of nitrogens with one attached hydrogen (secondary N) is 1. The molecular formula is C35H30Cl2N6O4. The molecule has 3 amide bonds. The van der Waals surface area contributed by atoms with Crippen LogP contribution < -0.4 is 19.9 Å². The maximum Gasteiger partial charge on any atom is 0.276 e. The summed E-state index contributed by atoms with van der Waals surface area (Å²) in [6.07, 6.45) is 7.50. The number of benzene rings is 2. The molecule has 238 valence electrons. The van der Waals surface area contributed by atoms with Gasteiger partial charge >= 0.3 is 0 Å². The Labute approximate surface area is 281 Å². The number of carbonyl (C=O) groups excluding carboxylic acids is 3. The number of aromatic nitrogens is 3. The zero-order chi connectivity index (χ0) is 33.5. The summed E-state index contributed by atoms with van der Waals surface area (Å²) in [4.78, 5) is 53.8. The van der Waals surface area contributed by atoms with Crippen LogP contribution in [0, 0.1) is 6.92 Å². The van der Waals surface area contributed by atoms with Gasteiger partial charge in [-0.25, -0.2) is 4.98 Å². The molecule has 10 nitrogen and oxygen atoms in total. The minimum Gasteiger partial charge on any atom is -0.487 e. The van der Waals surface area contributed by atoms with E-state index in [1.165, 1.54) is 28.1 Å². The van der Waals surface area contributed by atoms with Crippen molar-refractivity contribution in [2.24, 2.45) is 0 Å². The van der Waals surface area contributed by atoms with E-state index in [0.29, 0.717) is 33.3 Å². The van der Waals surface area contributed by atoms with E-state index in [0.717, 1.165) is 16.6 Å². The number of rotatable bonds is 10. The molecule has 47 heavy (non-hydrogen) atoms. The van der Waals surface area contributed by atoms with E-state index in [-0.39, 0.29) is 29.8 Å². The SMILES string of the molecule is Cc1ccc2cccc(OCc3c(Cl)ccc(N(C)C(=O)CNC(=O)/C=C/c4ccc(C(=O)N(C)c5ccncc5)nc4)c3Cl)c2n1. The topological polar surface area (TPSA) is 118 Å². The second kappa shape index (κ2) is 14.8. The first-order valence-corrected chi connectivity index (χ1v) is 15.2. The molecule has 0 unspecified atom stereocenters. The third-order valence-electron chi connectivity index (χ3n) is 7.30. The number of ether oxygens (including phenoxy) is 1. The van der Waals surface area contributed by atoms with Gasteiger partial charge < -0.3 is 19.9 Å². The fraction of sp³-hybridized carbons (Fsp3) is 0.143. The summed E-state index contributed by atoms with van der Waals surface area (Å²) < 4.78 is 6.08. The molecule has 0 fully saturated rings. The summed E-state index contributed by atoms with van der Waals surface area (Å²) in [7, 11) is 3.21. The lowest BCUT2D eigenvalue weighted by Gasteiger charge is -2.21. The fourth-order valence-electron chi connectivity index (χ4n) is 4.59. The predicted molar refractivity (Wildman–Crippen MR) is 184 cm³/mol. The number of aryl methyl sites for hydroxylation is 1. The van der Waals surface area contributed by atoms with Crippen LogP contribution in [0.5, 0.6) is 5.75 Å². The molecule has 0 spiro atoms. The largest absolute Gasteiger partial charge is 0.487 e. The summed E-state index contributed by atoms with van der Waals surface area (Å²) in [5.74, 6) is -0.596. The van der Waals surface area contributed by atoms with Crippen molar-refractivity contribution in [3.05, 3.63) is 124 Å². The number of carbonyl (C=O) groups is 3. The average molecular weight is 670 g/mol. The molecule has 3 aromatic heterocycles. The van der Waals surface area contributed by atoms with E-state index in [1.54, 1.807) is 62.9 Å². The number of likely N-dealkylation sites (N-methyl/N-ethyl adjacent to an activating group) is 1.